The maximum absolute atomic E-state index is 14.4. The quantitative estimate of drug-likeness (QED) is 0.384. The Morgan fingerprint density at radius 3 is 2.33 bits per heavy atom. The SMILES string of the molecule is CC[C@H](C)[C@H]1C(=O)N(Cc2ccc(OC)cc2)C[C@H](O)[C@@H](O)[C@H](O)[C@@H](CO)OCCCCN1C(=O)c1ccc(F)cc1. The Balaban J connectivity index is 2.07. The number of ether oxygens (including phenoxy) is 2. The molecule has 0 saturated carbocycles. The van der Waals surface area contributed by atoms with Gasteiger partial charge in [-0.1, -0.05) is 32.4 Å². The largest absolute Gasteiger partial charge is 0.497 e. The van der Waals surface area contributed by atoms with E-state index in [0.29, 0.717) is 30.6 Å². The number of β-amino-alcohol motifs (C(OH)–C–C–N with tert-alkyl or cyclic N) is 1. The van der Waals surface area contributed by atoms with Crippen molar-refractivity contribution in [3.8, 4) is 5.75 Å². The van der Waals surface area contributed by atoms with Crippen LogP contribution in [0.25, 0.3) is 0 Å². The van der Waals surface area contributed by atoms with E-state index in [-0.39, 0.29) is 37.7 Å². The van der Waals surface area contributed by atoms with Crippen LogP contribution in [0, 0.1) is 11.7 Å². The minimum absolute atomic E-state index is 0.0359. The van der Waals surface area contributed by atoms with Gasteiger partial charge in [0.25, 0.3) is 5.91 Å². The molecule has 0 spiro atoms. The number of nitrogens with zero attached hydrogens (tertiary/aromatic N) is 2. The third-order valence-corrected chi connectivity index (χ3v) is 7.81. The van der Waals surface area contributed by atoms with Crippen molar-refractivity contribution in [3.05, 3.63) is 65.5 Å². The lowest BCUT2D eigenvalue weighted by molar-refractivity contribution is -0.151. The van der Waals surface area contributed by atoms with Crippen LogP contribution in [-0.2, 0) is 16.1 Å². The summed E-state index contributed by atoms with van der Waals surface area (Å²) in [6.45, 7) is 3.15. The van der Waals surface area contributed by atoms with Crippen LogP contribution in [0.5, 0.6) is 5.75 Å². The fraction of sp³-hybridized carbons (Fsp3) is 0.548. The van der Waals surface area contributed by atoms with Gasteiger partial charge in [-0.3, -0.25) is 9.59 Å². The highest BCUT2D eigenvalue weighted by Crippen LogP contribution is 2.24. The molecule has 0 unspecified atom stereocenters. The summed E-state index contributed by atoms with van der Waals surface area (Å²) < 4.78 is 24.5. The summed E-state index contributed by atoms with van der Waals surface area (Å²) >= 11 is 0. The first-order valence-corrected chi connectivity index (χ1v) is 14.4. The Bertz CT molecular complexity index is 1130. The van der Waals surface area contributed by atoms with Gasteiger partial charge < -0.3 is 39.7 Å². The van der Waals surface area contributed by atoms with Crippen molar-refractivity contribution in [1.82, 2.24) is 9.80 Å². The van der Waals surface area contributed by atoms with Gasteiger partial charge in [0.1, 0.15) is 42.0 Å². The van der Waals surface area contributed by atoms with Crippen molar-refractivity contribution in [2.75, 3.05) is 33.4 Å². The number of hydrogen-bond donors (Lipinski definition) is 4. The molecule has 0 radical (unpaired) electrons. The Hall–Kier alpha value is -3.09. The molecule has 1 saturated heterocycles. The zero-order chi connectivity index (χ0) is 30.8. The van der Waals surface area contributed by atoms with Gasteiger partial charge in [0.2, 0.25) is 5.91 Å². The van der Waals surface area contributed by atoms with Crippen molar-refractivity contribution in [2.45, 2.75) is 70.1 Å². The second-order valence-corrected chi connectivity index (χ2v) is 10.8. The minimum atomic E-state index is -1.73. The standard InChI is InChI=1S/C31H43FN2O8/c1-4-20(2)27-31(40)33(17-21-7-13-24(41-3)14-8-21)18-25(36)28(37)29(38)26(19-35)42-16-6-5-15-34(27)30(39)22-9-11-23(32)12-10-22/h7-14,20,25-29,35-38H,4-6,15-19H2,1-3H3/t20-,25-,26+,27-,28+,29+/m0/s1. The Morgan fingerprint density at radius 2 is 1.74 bits per heavy atom. The summed E-state index contributed by atoms with van der Waals surface area (Å²) in [5.41, 5.74) is 0.943. The third-order valence-electron chi connectivity index (χ3n) is 7.81. The maximum Gasteiger partial charge on any atom is 0.254 e. The number of halogens is 1. The van der Waals surface area contributed by atoms with Crippen LogP contribution in [0.3, 0.4) is 0 Å². The molecule has 2 aromatic carbocycles. The number of benzene rings is 2. The van der Waals surface area contributed by atoms with Crippen LogP contribution in [-0.4, -0.2) is 106 Å². The highest BCUT2D eigenvalue weighted by molar-refractivity contribution is 5.97. The first-order valence-electron chi connectivity index (χ1n) is 14.4. The predicted molar refractivity (Wildman–Crippen MR) is 153 cm³/mol. The van der Waals surface area contributed by atoms with E-state index in [1.165, 1.54) is 41.2 Å². The number of hydrogen-bond acceptors (Lipinski definition) is 8. The smallest absolute Gasteiger partial charge is 0.254 e. The predicted octanol–water partition coefficient (Wildman–Crippen LogP) is 1.97. The van der Waals surface area contributed by atoms with Crippen LogP contribution in [0.1, 0.15) is 49.0 Å². The molecule has 1 aliphatic rings. The van der Waals surface area contributed by atoms with Crippen molar-refractivity contribution < 1.29 is 43.9 Å². The average molecular weight is 591 g/mol. The zero-order valence-corrected chi connectivity index (χ0v) is 24.4. The topological polar surface area (TPSA) is 140 Å². The first kappa shape index (κ1) is 33.4. The summed E-state index contributed by atoms with van der Waals surface area (Å²) in [5.74, 6) is -1.04. The molecular weight excluding hydrogens is 547 g/mol. The first-order chi connectivity index (χ1) is 20.1. The van der Waals surface area contributed by atoms with E-state index in [1.54, 1.807) is 24.3 Å². The van der Waals surface area contributed by atoms with Crippen molar-refractivity contribution in [2.24, 2.45) is 5.92 Å². The molecule has 2 aromatic rings. The molecule has 0 bridgehead atoms. The van der Waals surface area contributed by atoms with Gasteiger partial charge in [0, 0.05) is 31.8 Å². The minimum Gasteiger partial charge on any atom is -0.497 e. The summed E-state index contributed by atoms with van der Waals surface area (Å²) in [4.78, 5) is 31.1. The Labute approximate surface area is 246 Å². The summed E-state index contributed by atoms with van der Waals surface area (Å²) in [5, 5.41) is 42.2. The fourth-order valence-electron chi connectivity index (χ4n) is 5.06. The van der Waals surface area contributed by atoms with Gasteiger partial charge in [-0.25, -0.2) is 4.39 Å². The number of aliphatic hydroxyl groups excluding tert-OH is 4. The van der Waals surface area contributed by atoms with Gasteiger partial charge in [-0.15, -0.1) is 0 Å². The molecule has 232 valence electrons. The highest BCUT2D eigenvalue weighted by atomic mass is 19.1. The van der Waals surface area contributed by atoms with Crippen molar-refractivity contribution in [3.63, 3.8) is 0 Å². The lowest BCUT2D eigenvalue weighted by atomic mass is 9.94. The molecule has 6 atom stereocenters. The molecule has 1 heterocycles. The normalized spacial score (nSPS) is 25.5. The van der Waals surface area contributed by atoms with Gasteiger partial charge in [-0.05, 0) is 60.7 Å². The van der Waals surface area contributed by atoms with Crippen LogP contribution < -0.4 is 4.74 Å². The second-order valence-electron chi connectivity index (χ2n) is 10.8. The lowest BCUT2D eigenvalue weighted by Gasteiger charge is -2.39. The van der Waals surface area contributed by atoms with Gasteiger partial charge in [0.05, 0.1) is 13.7 Å². The van der Waals surface area contributed by atoms with E-state index in [1.807, 2.05) is 13.8 Å². The number of carbonyl (C=O) groups excluding carboxylic acids is 2. The van der Waals surface area contributed by atoms with Crippen molar-refractivity contribution >= 4 is 11.8 Å². The van der Waals surface area contributed by atoms with Crippen LogP contribution >= 0.6 is 0 Å². The summed E-state index contributed by atoms with van der Waals surface area (Å²) in [7, 11) is 1.54. The molecule has 42 heavy (non-hydrogen) atoms. The maximum atomic E-state index is 14.4. The molecule has 1 fully saturated rings. The van der Waals surface area contributed by atoms with E-state index in [0.717, 1.165) is 0 Å². The number of carbonyl (C=O) groups is 2. The molecule has 11 heteroatoms. The molecule has 4 N–H and O–H groups in total. The average Bonchev–Trinajstić information content (AvgIpc) is 3.00. The molecule has 0 aromatic heterocycles. The van der Waals surface area contributed by atoms with E-state index in [9.17, 15) is 34.4 Å². The number of amides is 2. The van der Waals surface area contributed by atoms with Gasteiger partial charge in [0.15, 0.2) is 0 Å². The molecule has 2 amide bonds. The van der Waals surface area contributed by atoms with Crippen molar-refractivity contribution in [1.29, 1.82) is 0 Å². The molecule has 1 aliphatic heterocycles. The van der Waals surface area contributed by atoms with Crippen LogP contribution in [0.15, 0.2) is 48.5 Å². The molecule has 10 nitrogen and oxygen atoms in total. The zero-order valence-electron chi connectivity index (χ0n) is 24.4. The van der Waals surface area contributed by atoms with Crippen LogP contribution in [0.2, 0.25) is 0 Å². The van der Waals surface area contributed by atoms with Gasteiger partial charge in [-0.2, -0.15) is 0 Å². The van der Waals surface area contributed by atoms with E-state index in [4.69, 9.17) is 9.47 Å². The van der Waals surface area contributed by atoms with E-state index < -0.39 is 54.7 Å². The molecule has 0 aliphatic carbocycles. The molecule has 3 rings (SSSR count). The van der Waals surface area contributed by atoms with E-state index >= 15 is 0 Å². The van der Waals surface area contributed by atoms with Gasteiger partial charge >= 0.3 is 0 Å². The third kappa shape index (κ3) is 8.48. The number of aliphatic hydroxyl groups is 4. The summed E-state index contributed by atoms with van der Waals surface area (Å²) in [6, 6.07) is 11.2. The highest BCUT2D eigenvalue weighted by Gasteiger charge is 2.39. The van der Waals surface area contributed by atoms with E-state index in [2.05, 4.69) is 0 Å². The van der Waals surface area contributed by atoms with Crippen LogP contribution in [0.4, 0.5) is 4.39 Å². The Morgan fingerprint density at radius 1 is 1.07 bits per heavy atom. The Kier molecular flexibility index (Phi) is 12.7. The monoisotopic (exact) mass is 590 g/mol. The number of methoxy groups -OCH3 is 1. The lowest BCUT2D eigenvalue weighted by Crippen LogP contribution is -2.57. The number of rotatable bonds is 7. The summed E-state index contributed by atoms with van der Waals surface area (Å²) in [6.07, 6.45) is -4.67. The fourth-order valence-corrected chi connectivity index (χ4v) is 5.06. The molecular formula is C31H43FN2O8. The second kappa shape index (κ2) is 15.9.